The van der Waals surface area contributed by atoms with Gasteiger partial charge in [-0.25, -0.2) is 4.79 Å². The van der Waals surface area contributed by atoms with E-state index >= 15 is 0 Å². The van der Waals surface area contributed by atoms with Crippen molar-refractivity contribution in [2.75, 3.05) is 0 Å². The van der Waals surface area contributed by atoms with Crippen LogP contribution in [0.4, 0.5) is 0 Å². The van der Waals surface area contributed by atoms with E-state index in [0.29, 0.717) is 6.61 Å². The van der Waals surface area contributed by atoms with E-state index in [1.165, 1.54) is 11.1 Å². The van der Waals surface area contributed by atoms with Crippen LogP contribution in [0.3, 0.4) is 0 Å². The van der Waals surface area contributed by atoms with Gasteiger partial charge in [0.15, 0.2) is 0 Å². The van der Waals surface area contributed by atoms with Crippen LogP contribution in [0, 0.1) is 0 Å². The average molecular weight is 340 g/mol. The summed E-state index contributed by atoms with van der Waals surface area (Å²) < 4.78 is 6.14. The van der Waals surface area contributed by atoms with Gasteiger partial charge in [-0.3, -0.25) is 0 Å². The highest BCUT2D eigenvalue weighted by Crippen LogP contribution is 2.35. The molecule has 2 rings (SSSR count). The van der Waals surface area contributed by atoms with E-state index in [4.69, 9.17) is 9.84 Å². The first-order valence-corrected chi connectivity index (χ1v) is 8.58. The van der Waals surface area contributed by atoms with Gasteiger partial charge in [-0.15, -0.1) is 0 Å². The molecule has 1 N–H and O–H groups in total. The highest BCUT2D eigenvalue weighted by atomic mass is 16.5. The Balaban J connectivity index is 2.28. The fraction of sp³-hybridized carbons (Fsp3) is 0.409. The third kappa shape index (κ3) is 4.85. The van der Waals surface area contributed by atoms with Gasteiger partial charge in [0.25, 0.3) is 0 Å². The van der Waals surface area contributed by atoms with Crippen molar-refractivity contribution in [2.24, 2.45) is 0 Å². The molecule has 0 radical (unpaired) electrons. The second kappa shape index (κ2) is 6.91. The van der Waals surface area contributed by atoms with Gasteiger partial charge in [-0.2, -0.15) is 0 Å². The molecule has 0 unspecified atom stereocenters. The second-order valence-corrected chi connectivity index (χ2v) is 8.50. The summed E-state index contributed by atoms with van der Waals surface area (Å²) in [7, 11) is 0. The normalized spacial score (nSPS) is 12.1. The maximum atomic E-state index is 10.9. The molecule has 3 heteroatoms. The minimum atomic E-state index is -0.916. The lowest BCUT2D eigenvalue weighted by molar-refractivity contribution is 0.0697. The molecule has 0 amide bonds. The molecular weight excluding hydrogens is 312 g/mol. The molecule has 2 aromatic rings. The van der Waals surface area contributed by atoms with Crippen LogP contribution < -0.4 is 4.74 Å². The summed E-state index contributed by atoms with van der Waals surface area (Å²) in [5, 5.41) is 8.99. The van der Waals surface area contributed by atoms with Gasteiger partial charge in [-0.1, -0.05) is 65.8 Å². The van der Waals surface area contributed by atoms with Crippen LogP contribution >= 0.6 is 0 Å². The Bertz CT molecular complexity index is 744. The van der Waals surface area contributed by atoms with Gasteiger partial charge in [-0.05, 0) is 45.7 Å². The third-order valence-corrected chi connectivity index (χ3v) is 4.25. The van der Waals surface area contributed by atoms with Crippen molar-refractivity contribution < 1.29 is 14.6 Å². The quantitative estimate of drug-likeness (QED) is 0.792. The summed E-state index contributed by atoms with van der Waals surface area (Å²) >= 11 is 0. The lowest BCUT2D eigenvalue weighted by Crippen LogP contribution is -2.16. The number of aromatic carboxylic acids is 1. The van der Waals surface area contributed by atoms with E-state index in [1.807, 2.05) is 0 Å². The Kier molecular flexibility index (Phi) is 5.26. The molecule has 25 heavy (non-hydrogen) atoms. The van der Waals surface area contributed by atoms with Crippen LogP contribution in [-0.2, 0) is 17.4 Å². The van der Waals surface area contributed by atoms with Crippen molar-refractivity contribution in [1.29, 1.82) is 0 Å². The standard InChI is InChI=1S/C22H28O3/c1-21(2,3)17-11-12-18(22(4,5)6)19(13-17)25-14-15-7-9-16(10-8-15)20(23)24/h7-13H,14H2,1-6H3,(H,23,24). The van der Waals surface area contributed by atoms with Crippen molar-refractivity contribution in [3.8, 4) is 5.75 Å². The van der Waals surface area contributed by atoms with E-state index in [2.05, 4.69) is 59.7 Å². The van der Waals surface area contributed by atoms with Crippen LogP contribution in [0.5, 0.6) is 5.75 Å². The fourth-order valence-corrected chi connectivity index (χ4v) is 2.63. The summed E-state index contributed by atoms with van der Waals surface area (Å²) in [5.74, 6) is -0.0254. The molecule has 0 bridgehead atoms. The summed E-state index contributed by atoms with van der Waals surface area (Å²) in [6, 6.07) is 13.3. The number of carbonyl (C=O) groups is 1. The molecule has 0 aliphatic carbocycles. The second-order valence-electron chi connectivity index (χ2n) is 8.50. The predicted molar refractivity (Wildman–Crippen MR) is 102 cm³/mol. The van der Waals surface area contributed by atoms with Crippen LogP contribution in [-0.4, -0.2) is 11.1 Å². The van der Waals surface area contributed by atoms with Gasteiger partial charge in [0.1, 0.15) is 12.4 Å². The number of carboxylic acids is 1. The number of rotatable bonds is 4. The highest BCUT2D eigenvalue weighted by Gasteiger charge is 2.22. The average Bonchev–Trinajstić information content (AvgIpc) is 2.51. The van der Waals surface area contributed by atoms with Crippen molar-refractivity contribution in [3.63, 3.8) is 0 Å². The Morgan fingerprint density at radius 2 is 1.52 bits per heavy atom. The van der Waals surface area contributed by atoms with Crippen LogP contribution in [0.2, 0.25) is 0 Å². The fourth-order valence-electron chi connectivity index (χ4n) is 2.63. The smallest absolute Gasteiger partial charge is 0.335 e. The van der Waals surface area contributed by atoms with Crippen molar-refractivity contribution in [3.05, 3.63) is 64.7 Å². The Morgan fingerprint density at radius 3 is 2.00 bits per heavy atom. The van der Waals surface area contributed by atoms with E-state index < -0.39 is 5.97 Å². The molecule has 0 saturated carbocycles. The summed E-state index contributed by atoms with van der Waals surface area (Å²) in [4.78, 5) is 10.9. The van der Waals surface area contributed by atoms with Gasteiger partial charge in [0.05, 0.1) is 5.56 Å². The minimum absolute atomic E-state index is 0.0150. The monoisotopic (exact) mass is 340 g/mol. The Labute approximate surface area is 150 Å². The number of ether oxygens (including phenoxy) is 1. The minimum Gasteiger partial charge on any atom is -0.489 e. The van der Waals surface area contributed by atoms with E-state index in [9.17, 15) is 4.79 Å². The zero-order chi connectivity index (χ0) is 18.8. The van der Waals surface area contributed by atoms with Crippen molar-refractivity contribution in [1.82, 2.24) is 0 Å². The van der Waals surface area contributed by atoms with Gasteiger partial charge < -0.3 is 9.84 Å². The zero-order valence-corrected chi connectivity index (χ0v) is 16.0. The molecule has 0 fully saturated rings. The van der Waals surface area contributed by atoms with Crippen molar-refractivity contribution >= 4 is 5.97 Å². The summed E-state index contributed by atoms with van der Waals surface area (Å²) in [5.41, 5.74) is 3.68. The molecule has 0 atom stereocenters. The van der Waals surface area contributed by atoms with Gasteiger partial charge in [0, 0.05) is 0 Å². The molecule has 3 nitrogen and oxygen atoms in total. The highest BCUT2D eigenvalue weighted by molar-refractivity contribution is 5.87. The lowest BCUT2D eigenvalue weighted by Gasteiger charge is -2.26. The molecule has 0 spiro atoms. The first kappa shape index (κ1) is 19.0. The first-order valence-electron chi connectivity index (χ1n) is 8.58. The maximum Gasteiger partial charge on any atom is 0.335 e. The Morgan fingerprint density at radius 1 is 0.920 bits per heavy atom. The third-order valence-electron chi connectivity index (χ3n) is 4.25. The molecule has 0 aliphatic heterocycles. The molecule has 2 aromatic carbocycles. The van der Waals surface area contributed by atoms with E-state index in [-0.39, 0.29) is 16.4 Å². The molecule has 0 heterocycles. The SMILES string of the molecule is CC(C)(C)c1ccc(C(C)(C)C)c(OCc2ccc(C(=O)O)cc2)c1. The van der Waals surface area contributed by atoms with Crippen LogP contribution in [0.15, 0.2) is 42.5 Å². The first-order chi connectivity index (χ1) is 11.5. The number of carboxylic acid groups (broad SMARTS) is 1. The summed E-state index contributed by atoms with van der Waals surface area (Å²) in [6.45, 7) is 13.5. The number of hydrogen-bond acceptors (Lipinski definition) is 2. The maximum absolute atomic E-state index is 10.9. The number of hydrogen-bond donors (Lipinski definition) is 1. The zero-order valence-electron chi connectivity index (χ0n) is 16.0. The van der Waals surface area contributed by atoms with E-state index in [0.717, 1.165) is 11.3 Å². The lowest BCUT2D eigenvalue weighted by atomic mass is 9.81. The topological polar surface area (TPSA) is 46.5 Å². The molecule has 0 aliphatic rings. The Hall–Kier alpha value is -2.29. The number of benzene rings is 2. The van der Waals surface area contributed by atoms with Crippen LogP contribution in [0.25, 0.3) is 0 Å². The van der Waals surface area contributed by atoms with Crippen LogP contribution in [0.1, 0.15) is 68.6 Å². The van der Waals surface area contributed by atoms with Crippen molar-refractivity contribution in [2.45, 2.75) is 59.0 Å². The molecular formula is C22H28O3. The van der Waals surface area contributed by atoms with Gasteiger partial charge >= 0.3 is 5.97 Å². The predicted octanol–water partition coefficient (Wildman–Crippen LogP) is 5.56. The molecule has 0 saturated heterocycles. The van der Waals surface area contributed by atoms with Gasteiger partial charge in [0.2, 0.25) is 0 Å². The van der Waals surface area contributed by atoms with E-state index in [1.54, 1.807) is 24.3 Å². The molecule has 134 valence electrons. The summed E-state index contributed by atoms with van der Waals surface area (Å²) in [6.07, 6.45) is 0. The largest absolute Gasteiger partial charge is 0.489 e. The molecule has 0 aromatic heterocycles.